The number of guanidine groups is 1. The maximum atomic E-state index is 5.19. The van der Waals surface area contributed by atoms with E-state index in [4.69, 9.17) is 4.74 Å². The van der Waals surface area contributed by atoms with E-state index in [0.29, 0.717) is 0 Å². The van der Waals surface area contributed by atoms with Crippen LogP contribution in [0.25, 0.3) is 0 Å². The molecule has 0 bridgehead atoms. The van der Waals surface area contributed by atoms with E-state index in [0.717, 1.165) is 69.9 Å². The monoisotopic (exact) mass is 525 g/mol. The Labute approximate surface area is 196 Å². The fraction of sp³-hybridized carbons (Fsp3) is 0.476. The van der Waals surface area contributed by atoms with Crippen LogP contribution < -0.4 is 20.3 Å². The Hall–Kier alpha value is -2.14. The first-order valence-corrected chi connectivity index (χ1v) is 10.1. The van der Waals surface area contributed by atoms with Gasteiger partial charge in [-0.15, -0.1) is 24.0 Å². The van der Waals surface area contributed by atoms with Crippen molar-refractivity contribution >= 4 is 35.9 Å². The van der Waals surface area contributed by atoms with E-state index in [1.807, 2.05) is 18.2 Å². The molecule has 1 aliphatic rings. The molecule has 0 spiro atoms. The maximum absolute atomic E-state index is 5.19. The van der Waals surface area contributed by atoms with Crippen molar-refractivity contribution in [3.05, 3.63) is 48.3 Å². The van der Waals surface area contributed by atoms with E-state index in [1.165, 1.54) is 5.56 Å². The molecule has 0 radical (unpaired) electrons. The fourth-order valence-corrected chi connectivity index (χ4v) is 3.29. The predicted molar refractivity (Wildman–Crippen MR) is 132 cm³/mol. The van der Waals surface area contributed by atoms with Crippen molar-refractivity contribution in [3.63, 3.8) is 0 Å². The molecule has 1 aromatic heterocycles. The third-order valence-corrected chi connectivity index (χ3v) is 4.99. The van der Waals surface area contributed by atoms with Crippen LogP contribution in [-0.4, -0.2) is 74.3 Å². The number of anilines is 1. The summed E-state index contributed by atoms with van der Waals surface area (Å²) in [5.41, 5.74) is 1.19. The van der Waals surface area contributed by atoms with Crippen molar-refractivity contribution in [3.8, 4) is 5.75 Å². The van der Waals surface area contributed by atoms with Crippen molar-refractivity contribution in [2.45, 2.75) is 13.0 Å². The number of rotatable bonds is 8. The van der Waals surface area contributed by atoms with Crippen LogP contribution >= 0.6 is 24.0 Å². The second-order valence-corrected chi connectivity index (χ2v) is 6.93. The fourth-order valence-electron chi connectivity index (χ4n) is 3.29. The third-order valence-electron chi connectivity index (χ3n) is 4.99. The van der Waals surface area contributed by atoms with E-state index in [1.54, 1.807) is 26.6 Å². The minimum absolute atomic E-state index is 0. The van der Waals surface area contributed by atoms with Crippen molar-refractivity contribution < 1.29 is 4.74 Å². The Kier molecular flexibility index (Phi) is 10.6. The Morgan fingerprint density at radius 2 is 1.77 bits per heavy atom. The number of methoxy groups -OCH3 is 1. The normalized spacial score (nSPS) is 14.7. The third kappa shape index (κ3) is 7.60. The molecular formula is C21H32IN7O. The minimum Gasteiger partial charge on any atom is -0.497 e. The first kappa shape index (κ1) is 24.1. The molecule has 9 heteroatoms. The average Bonchev–Trinajstić information content (AvgIpc) is 2.80. The number of hydrogen-bond donors (Lipinski definition) is 2. The first-order chi connectivity index (χ1) is 14.3. The van der Waals surface area contributed by atoms with Gasteiger partial charge in [0.15, 0.2) is 5.96 Å². The highest BCUT2D eigenvalue weighted by molar-refractivity contribution is 14.0. The van der Waals surface area contributed by atoms with Gasteiger partial charge in [0, 0.05) is 58.7 Å². The number of hydrogen-bond acceptors (Lipinski definition) is 6. The zero-order chi connectivity index (χ0) is 20.3. The van der Waals surface area contributed by atoms with Crippen molar-refractivity contribution in [2.75, 3.05) is 58.3 Å². The van der Waals surface area contributed by atoms with Gasteiger partial charge < -0.3 is 20.3 Å². The van der Waals surface area contributed by atoms with Crippen LogP contribution in [0.3, 0.4) is 0 Å². The summed E-state index contributed by atoms with van der Waals surface area (Å²) >= 11 is 0. The standard InChI is InChI=1S/C21H31N7O.HI/c1-22-20(26-17-18-5-7-19(29-2)8-6-18)23-11-4-12-27-13-15-28(16-14-27)21-24-9-3-10-25-21;/h3,5-10H,4,11-17H2,1-2H3,(H2,22,23,26);1H. The van der Waals surface area contributed by atoms with Gasteiger partial charge in [-0.25, -0.2) is 9.97 Å². The Morgan fingerprint density at radius 1 is 1.07 bits per heavy atom. The Morgan fingerprint density at radius 3 is 2.40 bits per heavy atom. The van der Waals surface area contributed by atoms with Crippen LogP contribution in [0.1, 0.15) is 12.0 Å². The molecule has 0 atom stereocenters. The molecule has 164 valence electrons. The van der Waals surface area contributed by atoms with Gasteiger partial charge in [-0.2, -0.15) is 0 Å². The number of nitrogens with one attached hydrogen (secondary N) is 2. The summed E-state index contributed by atoms with van der Waals surface area (Å²) in [6.07, 6.45) is 4.68. The molecule has 1 aliphatic heterocycles. The van der Waals surface area contributed by atoms with E-state index in [-0.39, 0.29) is 24.0 Å². The molecule has 30 heavy (non-hydrogen) atoms. The number of halogens is 1. The van der Waals surface area contributed by atoms with E-state index in [2.05, 4.69) is 47.5 Å². The lowest BCUT2D eigenvalue weighted by Gasteiger charge is -2.34. The van der Waals surface area contributed by atoms with Gasteiger partial charge in [0.1, 0.15) is 5.75 Å². The second-order valence-electron chi connectivity index (χ2n) is 6.93. The molecule has 8 nitrogen and oxygen atoms in total. The highest BCUT2D eigenvalue weighted by Crippen LogP contribution is 2.11. The maximum Gasteiger partial charge on any atom is 0.225 e. The predicted octanol–water partition coefficient (Wildman–Crippen LogP) is 1.98. The SMILES string of the molecule is CN=C(NCCCN1CCN(c2ncccn2)CC1)NCc1ccc(OC)cc1.I. The lowest BCUT2D eigenvalue weighted by atomic mass is 10.2. The zero-order valence-corrected chi connectivity index (χ0v) is 20.1. The molecular weight excluding hydrogens is 493 g/mol. The number of aliphatic imine (C=N–C) groups is 1. The van der Waals surface area contributed by atoms with E-state index < -0.39 is 0 Å². The van der Waals surface area contributed by atoms with Crippen LogP contribution in [-0.2, 0) is 6.54 Å². The smallest absolute Gasteiger partial charge is 0.225 e. The van der Waals surface area contributed by atoms with Gasteiger partial charge >= 0.3 is 0 Å². The van der Waals surface area contributed by atoms with Gasteiger partial charge in [0.05, 0.1) is 7.11 Å². The molecule has 3 rings (SSSR count). The summed E-state index contributed by atoms with van der Waals surface area (Å²) < 4.78 is 5.19. The summed E-state index contributed by atoms with van der Waals surface area (Å²) in [6, 6.07) is 9.90. The number of benzene rings is 1. The van der Waals surface area contributed by atoms with Crippen molar-refractivity contribution in [1.82, 2.24) is 25.5 Å². The summed E-state index contributed by atoms with van der Waals surface area (Å²) in [6.45, 7) is 6.74. The van der Waals surface area contributed by atoms with Crippen molar-refractivity contribution in [1.29, 1.82) is 0 Å². The molecule has 2 N–H and O–H groups in total. The lowest BCUT2D eigenvalue weighted by Crippen LogP contribution is -2.47. The number of aromatic nitrogens is 2. The lowest BCUT2D eigenvalue weighted by molar-refractivity contribution is 0.254. The van der Waals surface area contributed by atoms with Gasteiger partial charge in [-0.1, -0.05) is 12.1 Å². The molecule has 0 saturated carbocycles. The summed E-state index contributed by atoms with van der Waals surface area (Å²) in [5.74, 6) is 2.53. The number of piperazine rings is 1. The van der Waals surface area contributed by atoms with Crippen LogP contribution in [0.4, 0.5) is 5.95 Å². The van der Waals surface area contributed by atoms with Crippen LogP contribution in [0.2, 0.25) is 0 Å². The van der Waals surface area contributed by atoms with Crippen LogP contribution in [0.15, 0.2) is 47.7 Å². The van der Waals surface area contributed by atoms with Crippen molar-refractivity contribution in [2.24, 2.45) is 4.99 Å². The van der Waals surface area contributed by atoms with E-state index >= 15 is 0 Å². The number of ether oxygens (including phenoxy) is 1. The molecule has 2 heterocycles. The summed E-state index contributed by atoms with van der Waals surface area (Å²) in [5, 5.41) is 6.74. The van der Waals surface area contributed by atoms with Crippen LogP contribution in [0.5, 0.6) is 5.75 Å². The largest absolute Gasteiger partial charge is 0.497 e. The van der Waals surface area contributed by atoms with E-state index in [9.17, 15) is 0 Å². The summed E-state index contributed by atoms with van der Waals surface area (Å²) in [7, 11) is 3.48. The van der Waals surface area contributed by atoms with Gasteiger partial charge in [0.2, 0.25) is 5.95 Å². The van der Waals surface area contributed by atoms with Crippen LogP contribution in [0, 0.1) is 0 Å². The Bertz CT molecular complexity index is 750. The molecule has 0 amide bonds. The van der Waals surface area contributed by atoms with Gasteiger partial charge in [0.25, 0.3) is 0 Å². The average molecular weight is 525 g/mol. The molecule has 2 aromatic rings. The highest BCUT2D eigenvalue weighted by Gasteiger charge is 2.18. The highest BCUT2D eigenvalue weighted by atomic mass is 127. The Balaban J connectivity index is 0.00000320. The topological polar surface area (TPSA) is 77.9 Å². The molecule has 0 unspecified atom stereocenters. The quantitative estimate of drug-likeness (QED) is 0.236. The second kappa shape index (κ2) is 13.2. The minimum atomic E-state index is 0. The zero-order valence-electron chi connectivity index (χ0n) is 17.8. The first-order valence-electron chi connectivity index (χ1n) is 10.1. The molecule has 1 fully saturated rings. The molecule has 0 aliphatic carbocycles. The summed E-state index contributed by atoms with van der Waals surface area (Å²) in [4.78, 5) is 17.7. The van der Waals surface area contributed by atoms with Gasteiger partial charge in [-0.3, -0.25) is 9.89 Å². The van der Waals surface area contributed by atoms with Gasteiger partial charge in [-0.05, 0) is 36.7 Å². The molecule has 1 saturated heterocycles. The number of nitrogens with zero attached hydrogens (tertiary/aromatic N) is 5. The molecule has 1 aromatic carbocycles.